The third-order valence-corrected chi connectivity index (χ3v) is 4.83. The summed E-state index contributed by atoms with van der Waals surface area (Å²) in [6.45, 7) is 0.0984. The molecule has 0 heterocycles. The van der Waals surface area contributed by atoms with E-state index in [1.165, 1.54) is 12.1 Å². The fourth-order valence-corrected chi connectivity index (χ4v) is 2.88. The van der Waals surface area contributed by atoms with Gasteiger partial charge in [0, 0.05) is 6.07 Å². The van der Waals surface area contributed by atoms with Gasteiger partial charge in [0.1, 0.15) is 25.1 Å². The number of rotatable bonds is 7. The Labute approximate surface area is 177 Å². The highest BCUT2D eigenvalue weighted by molar-refractivity contribution is 6.42. The molecule has 1 atom stereocenters. The molecule has 0 aliphatic carbocycles. The lowest BCUT2D eigenvalue weighted by Gasteiger charge is -2.15. The number of benzene rings is 3. The molecule has 4 nitrogen and oxygen atoms in total. The number of halogens is 3. The van der Waals surface area contributed by atoms with Crippen LogP contribution in [0.2, 0.25) is 10.0 Å². The van der Waals surface area contributed by atoms with Crippen LogP contribution >= 0.6 is 23.2 Å². The smallest absolute Gasteiger partial charge is 0.165 e. The number of aliphatic hydroxyl groups is 1. The molecule has 3 aromatic carbocycles. The molecule has 148 valence electrons. The molecule has 7 heteroatoms. The van der Waals surface area contributed by atoms with Crippen molar-refractivity contribution in [1.82, 2.24) is 0 Å². The Hall–Kier alpha value is -2.78. The van der Waals surface area contributed by atoms with Crippen molar-refractivity contribution in [3.8, 4) is 17.6 Å². The molecule has 1 N–H and O–H groups in total. The maximum Gasteiger partial charge on any atom is 0.165 e. The van der Waals surface area contributed by atoms with E-state index in [1.807, 2.05) is 12.1 Å². The van der Waals surface area contributed by atoms with Crippen molar-refractivity contribution >= 4 is 23.2 Å². The SMILES string of the molecule is N#Cc1ccc(F)c(OC[C@@H](O)c2cccc(OCc3ccc(Cl)c(Cl)c3)c2)c1. The standard InChI is InChI=1S/C22H16Cl2FNO3/c23-18-6-4-15(8-19(18)24)12-28-17-3-1-2-16(10-17)21(27)13-29-22-9-14(11-26)5-7-20(22)25/h1-10,21,27H,12-13H2/t21-/m1/s1. The molecular formula is C22H16Cl2FNO3. The molecule has 0 fully saturated rings. The van der Waals surface area contributed by atoms with Gasteiger partial charge >= 0.3 is 0 Å². The fourth-order valence-electron chi connectivity index (χ4n) is 2.56. The first-order chi connectivity index (χ1) is 14.0. The van der Waals surface area contributed by atoms with Crippen molar-refractivity contribution in [3.05, 3.63) is 93.2 Å². The largest absolute Gasteiger partial charge is 0.489 e. The molecular weight excluding hydrogens is 416 g/mol. The summed E-state index contributed by atoms with van der Waals surface area (Å²) in [5, 5.41) is 20.2. The number of ether oxygens (including phenoxy) is 2. The molecule has 0 saturated carbocycles. The lowest BCUT2D eigenvalue weighted by atomic mass is 10.1. The van der Waals surface area contributed by atoms with Gasteiger partial charge in [0.2, 0.25) is 0 Å². The molecule has 0 radical (unpaired) electrons. The van der Waals surface area contributed by atoms with Crippen LogP contribution in [-0.2, 0) is 6.61 Å². The highest BCUT2D eigenvalue weighted by Gasteiger charge is 2.12. The average Bonchev–Trinajstić information content (AvgIpc) is 2.74. The van der Waals surface area contributed by atoms with E-state index in [-0.39, 0.29) is 24.5 Å². The quantitative estimate of drug-likeness (QED) is 0.521. The van der Waals surface area contributed by atoms with Gasteiger partial charge in [0.25, 0.3) is 0 Å². The molecule has 0 amide bonds. The Kier molecular flexibility index (Phi) is 6.95. The molecule has 29 heavy (non-hydrogen) atoms. The zero-order valence-corrected chi connectivity index (χ0v) is 16.6. The van der Waals surface area contributed by atoms with E-state index in [0.717, 1.165) is 11.6 Å². The van der Waals surface area contributed by atoms with Crippen molar-refractivity contribution in [2.24, 2.45) is 0 Å². The van der Waals surface area contributed by atoms with Gasteiger partial charge < -0.3 is 14.6 Å². The van der Waals surface area contributed by atoms with Gasteiger partial charge in [-0.1, -0.05) is 41.4 Å². The van der Waals surface area contributed by atoms with Crippen molar-refractivity contribution in [3.63, 3.8) is 0 Å². The molecule has 0 saturated heterocycles. The van der Waals surface area contributed by atoms with Crippen LogP contribution in [0.25, 0.3) is 0 Å². The van der Waals surface area contributed by atoms with E-state index in [0.29, 0.717) is 21.4 Å². The summed E-state index contributed by atoms with van der Waals surface area (Å²) < 4.78 is 24.9. The molecule has 3 rings (SSSR count). The maximum atomic E-state index is 13.8. The fraction of sp³-hybridized carbons (Fsp3) is 0.136. The van der Waals surface area contributed by atoms with Crippen LogP contribution in [0, 0.1) is 17.1 Å². The minimum absolute atomic E-state index is 0.0879. The summed E-state index contributed by atoms with van der Waals surface area (Å²) in [4.78, 5) is 0. The molecule has 0 aliphatic heterocycles. The minimum Gasteiger partial charge on any atom is -0.489 e. The zero-order chi connectivity index (χ0) is 20.8. The van der Waals surface area contributed by atoms with E-state index in [2.05, 4.69) is 0 Å². The van der Waals surface area contributed by atoms with Crippen LogP contribution in [0.1, 0.15) is 22.8 Å². The van der Waals surface area contributed by atoms with E-state index < -0.39 is 11.9 Å². The summed E-state index contributed by atoms with van der Waals surface area (Å²) in [5.41, 5.74) is 1.67. The van der Waals surface area contributed by atoms with Crippen molar-refractivity contribution in [2.45, 2.75) is 12.7 Å². The number of hydrogen-bond acceptors (Lipinski definition) is 4. The van der Waals surface area contributed by atoms with Crippen LogP contribution in [0.4, 0.5) is 4.39 Å². The van der Waals surface area contributed by atoms with Gasteiger partial charge in [0.15, 0.2) is 11.6 Å². The third kappa shape index (κ3) is 5.61. The first kappa shape index (κ1) is 20.9. The zero-order valence-electron chi connectivity index (χ0n) is 15.1. The molecule has 0 aliphatic rings. The van der Waals surface area contributed by atoms with E-state index >= 15 is 0 Å². The van der Waals surface area contributed by atoms with E-state index in [9.17, 15) is 9.50 Å². The van der Waals surface area contributed by atoms with Crippen LogP contribution in [0.15, 0.2) is 60.7 Å². The predicted molar refractivity (Wildman–Crippen MR) is 109 cm³/mol. The summed E-state index contributed by atoms with van der Waals surface area (Å²) in [7, 11) is 0. The van der Waals surface area contributed by atoms with Gasteiger partial charge in [-0.25, -0.2) is 4.39 Å². The Morgan fingerprint density at radius 1 is 1.00 bits per heavy atom. The number of aliphatic hydroxyl groups excluding tert-OH is 1. The number of nitrogens with zero attached hydrogens (tertiary/aromatic N) is 1. The number of hydrogen-bond donors (Lipinski definition) is 1. The van der Waals surface area contributed by atoms with Crippen LogP contribution in [-0.4, -0.2) is 11.7 Å². The van der Waals surface area contributed by atoms with E-state index in [1.54, 1.807) is 36.4 Å². The topological polar surface area (TPSA) is 62.5 Å². The second kappa shape index (κ2) is 9.62. The Morgan fingerprint density at radius 3 is 2.59 bits per heavy atom. The Morgan fingerprint density at radius 2 is 1.83 bits per heavy atom. The van der Waals surface area contributed by atoms with Crippen LogP contribution in [0.3, 0.4) is 0 Å². The molecule has 0 spiro atoms. The van der Waals surface area contributed by atoms with Crippen LogP contribution < -0.4 is 9.47 Å². The predicted octanol–water partition coefficient (Wildman–Crippen LogP) is 5.70. The summed E-state index contributed by atoms with van der Waals surface area (Å²) in [6.07, 6.45) is -1.01. The lowest BCUT2D eigenvalue weighted by molar-refractivity contribution is 0.105. The molecule has 3 aromatic rings. The highest BCUT2D eigenvalue weighted by Crippen LogP contribution is 2.25. The van der Waals surface area contributed by atoms with Gasteiger partial charge in [0.05, 0.1) is 21.7 Å². The first-order valence-electron chi connectivity index (χ1n) is 8.63. The van der Waals surface area contributed by atoms with Crippen molar-refractivity contribution < 1.29 is 19.0 Å². The Balaban J connectivity index is 1.62. The Bertz CT molecular complexity index is 1050. The van der Waals surface area contributed by atoms with Gasteiger partial charge in [-0.05, 0) is 47.5 Å². The second-order valence-corrected chi connectivity index (χ2v) is 7.01. The third-order valence-electron chi connectivity index (χ3n) is 4.09. The molecule has 0 unspecified atom stereocenters. The summed E-state index contributed by atoms with van der Waals surface area (Å²) in [6, 6.07) is 17.8. The van der Waals surface area contributed by atoms with Crippen molar-refractivity contribution in [1.29, 1.82) is 5.26 Å². The van der Waals surface area contributed by atoms with Gasteiger partial charge in [-0.15, -0.1) is 0 Å². The summed E-state index contributed by atoms with van der Waals surface area (Å²) in [5.74, 6) is -0.143. The molecule has 0 aromatic heterocycles. The van der Waals surface area contributed by atoms with Gasteiger partial charge in [-0.3, -0.25) is 0 Å². The number of nitriles is 1. The highest BCUT2D eigenvalue weighted by atomic mass is 35.5. The lowest BCUT2D eigenvalue weighted by Crippen LogP contribution is -2.10. The first-order valence-corrected chi connectivity index (χ1v) is 9.39. The summed E-state index contributed by atoms with van der Waals surface area (Å²) >= 11 is 11.9. The van der Waals surface area contributed by atoms with Gasteiger partial charge in [-0.2, -0.15) is 5.26 Å². The van der Waals surface area contributed by atoms with Crippen LogP contribution in [0.5, 0.6) is 11.5 Å². The monoisotopic (exact) mass is 431 g/mol. The average molecular weight is 432 g/mol. The van der Waals surface area contributed by atoms with Crippen molar-refractivity contribution in [2.75, 3.05) is 6.61 Å². The van der Waals surface area contributed by atoms with E-state index in [4.69, 9.17) is 37.9 Å². The second-order valence-electron chi connectivity index (χ2n) is 6.19. The maximum absolute atomic E-state index is 13.8. The normalized spacial score (nSPS) is 11.6. The minimum atomic E-state index is -1.01. The molecule has 0 bridgehead atoms.